The minimum absolute atomic E-state index is 0. The van der Waals surface area contributed by atoms with Gasteiger partial charge in [-0.15, -0.1) is 12.4 Å². The molecule has 1 atom stereocenters. The van der Waals surface area contributed by atoms with Gasteiger partial charge in [0.15, 0.2) is 0 Å². The Balaban J connectivity index is 0.00000196. The van der Waals surface area contributed by atoms with Crippen LogP contribution in [0.1, 0.15) is 43.2 Å². The van der Waals surface area contributed by atoms with E-state index in [1.54, 1.807) is 0 Å². The highest BCUT2D eigenvalue weighted by Gasteiger charge is 2.57. The number of carbonyl (C=O) groups excluding carboxylic acids is 2. The van der Waals surface area contributed by atoms with Crippen molar-refractivity contribution in [1.29, 1.82) is 0 Å². The molecule has 0 bridgehead atoms. The van der Waals surface area contributed by atoms with Crippen molar-refractivity contribution in [3.8, 4) is 0 Å². The van der Waals surface area contributed by atoms with Gasteiger partial charge in [-0.25, -0.2) is 0 Å². The Bertz CT molecular complexity index is 673. The maximum absolute atomic E-state index is 12.5. The van der Waals surface area contributed by atoms with E-state index in [2.05, 4.69) is 22.8 Å². The van der Waals surface area contributed by atoms with E-state index in [0.29, 0.717) is 19.5 Å². The lowest BCUT2D eigenvalue weighted by Crippen LogP contribution is -2.33. The van der Waals surface area contributed by atoms with Crippen LogP contribution in [-0.4, -0.2) is 36.3 Å². The van der Waals surface area contributed by atoms with Crippen LogP contribution in [0.4, 0.5) is 0 Å². The molecule has 5 nitrogen and oxygen atoms in total. The van der Waals surface area contributed by atoms with Crippen LogP contribution >= 0.6 is 12.4 Å². The number of hydrogen-bond acceptors (Lipinski definition) is 3. The maximum Gasteiger partial charge on any atom is 0.223 e. The summed E-state index contributed by atoms with van der Waals surface area (Å²) in [4.78, 5) is 26.2. The van der Waals surface area contributed by atoms with Gasteiger partial charge in [-0.2, -0.15) is 0 Å². The molecular weight excluding hydrogens is 350 g/mol. The van der Waals surface area contributed by atoms with Crippen molar-refractivity contribution in [2.24, 2.45) is 11.3 Å². The first-order chi connectivity index (χ1) is 12.2. The van der Waals surface area contributed by atoms with Crippen LogP contribution in [0.25, 0.3) is 0 Å². The Hall–Kier alpha value is -1.59. The van der Waals surface area contributed by atoms with Crippen LogP contribution in [0.15, 0.2) is 24.3 Å². The largest absolute Gasteiger partial charge is 0.352 e. The van der Waals surface area contributed by atoms with Crippen molar-refractivity contribution >= 4 is 24.2 Å². The molecule has 142 valence electrons. The lowest BCUT2D eigenvalue weighted by molar-refractivity contribution is -0.128. The van der Waals surface area contributed by atoms with Crippen molar-refractivity contribution in [2.75, 3.05) is 19.6 Å². The average Bonchev–Trinajstić information content (AvgIpc) is 3.17. The van der Waals surface area contributed by atoms with E-state index in [1.165, 1.54) is 0 Å². The summed E-state index contributed by atoms with van der Waals surface area (Å²) in [6.07, 6.45) is 4.95. The fourth-order valence-corrected chi connectivity index (χ4v) is 4.44. The number of carbonyl (C=O) groups is 2. The monoisotopic (exact) mass is 377 g/mol. The molecule has 26 heavy (non-hydrogen) atoms. The van der Waals surface area contributed by atoms with Crippen molar-refractivity contribution < 1.29 is 9.59 Å². The third-order valence-corrected chi connectivity index (χ3v) is 6.11. The Morgan fingerprint density at radius 1 is 1.27 bits per heavy atom. The minimum atomic E-state index is 0. The number of rotatable bonds is 5. The second-order valence-electron chi connectivity index (χ2n) is 7.83. The normalized spacial score (nSPS) is 23.6. The molecule has 4 rings (SSSR count). The summed E-state index contributed by atoms with van der Waals surface area (Å²) in [6, 6.07) is 8.23. The summed E-state index contributed by atoms with van der Waals surface area (Å²) in [7, 11) is 0. The summed E-state index contributed by atoms with van der Waals surface area (Å²) in [6.45, 7) is 4.20. The zero-order valence-corrected chi connectivity index (χ0v) is 15.9. The van der Waals surface area contributed by atoms with Crippen molar-refractivity contribution in [1.82, 2.24) is 15.5 Å². The molecule has 6 heteroatoms. The van der Waals surface area contributed by atoms with Crippen molar-refractivity contribution in [2.45, 2.75) is 45.2 Å². The fraction of sp³-hybridized carbons (Fsp3) is 0.600. The second kappa shape index (κ2) is 7.97. The topological polar surface area (TPSA) is 61.4 Å². The molecule has 1 spiro atoms. The number of likely N-dealkylation sites (tertiary alicyclic amines) is 1. The molecule has 2 amide bonds. The van der Waals surface area contributed by atoms with Gasteiger partial charge in [0.2, 0.25) is 11.8 Å². The van der Waals surface area contributed by atoms with E-state index in [4.69, 9.17) is 0 Å². The van der Waals surface area contributed by atoms with E-state index in [1.807, 2.05) is 17.0 Å². The average molecular weight is 378 g/mol. The van der Waals surface area contributed by atoms with Gasteiger partial charge < -0.3 is 15.5 Å². The van der Waals surface area contributed by atoms with E-state index in [-0.39, 0.29) is 35.6 Å². The molecule has 2 heterocycles. The van der Waals surface area contributed by atoms with E-state index >= 15 is 0 Å². The molecule has 1 aromatic carbocycles. The molecular formula is C20H28ClN3O2. The van der Waals surface area contributed by atoms with Crippen molar-refractivity contribution in [3.05, 3.63) is 35.4 Å². The maximum atomic E-state index is 12.5. The number of amides is 2. The minimum Gasteiger partial charge on any atom is -0.352 e. The highest BCUT2D eigenvalue weighted by molar-refractivity contribution is 5.85. The lowest BCUT2D eigenvalue weighted by atomic mass is 9.92. The molecule has 3 aliphatic rings. The number of nitrogens with one attached hydrogen (secondary N) is 2. The van der Waals surface area contributed by atoms with Gasteiger partial charge in [0.25, 0.3) is 0 Å². The van der Waals surface area contributed by atoms with Gasteiger partial charge in [0.1, 0.15) is 0 Å². The Kier molecular flexibility index (Phi) is 5.88. The van der Waals surface area contributed by atoms with E-state index in [0.717, 1.165) is 56.4 Å². The highest BCUT2D eigenvalue weighted by atomic mass is 35.5. The third-order valence-electron chi connectivity index (χ3n) is 6.11. The summed E-state index contributed by atoms with van der Waals surface area (Å²) < 4.78 is 0. The van der Waals surface area contributed by atoms with Gasteiger partial charge in [-0.05, 0) is 55.3 Å². The predicted octanol–water partition coefficient (Wildman–Crippen LogP) is 2.24. The molecule has 1 unspecified atom stereocenters. The first-order valence-electron chi connectivity index (χ1n) is 9.50. The highest BCUT2D eigenvalue weighted by Crippen LogP contribution is 2.58. The quantitative estimate of drug-likeness (QED) is 0.827. The molecule has 1 saturated carbocycles. The van der Waals surface area contributed by atoms with Gasteiger partial charge in [-0.1, -0.05) is 24.3 Å². The van der Waals surface area contributed by atoms with Gasteiger partial charge in [0, 0.05) is 32.0 Å². The van der Waals surface area contributed by atoms with Gasteiger partial charge >= 0.3 is 0 Å². The molecule has 2 aliphatic heterocycles. The number of halogens is 1. The SMILES string of the molecule is Cl.O=C(NCc1cccc(CN2CCCC2=O)c1)C1CC12CCNCC2. The predicted molar refractivity (Wildman–Crippen MR) is 103 cm³/mol. The summed E-state index contributed by atoms with van der Waals surface area (Å²) >= 11 is 0. The van der Waals surface area contributed by atoms with Gasteiger partial charge in [0.05, 0.1) is 0 Å². The van der Waals surface area contributed by atoms with Crippen LogP contribution in [0, 0.1) is 11.3 Å². The second-order valence-corrected chi connectivity index (χ2v) is 7.83. The first kappa shape index (κ1) is 19.2. The number of nitrogens with zero attached hydrogens (tertiary/aromatic N) is 1. The number of piperidine rings is 1. The summed E-state index contributed by atoms with van der Waals surface area (Å²) in [5, 5.41) is 6.50. The molecule has 0 aromatic heterocycles. The van der Waals surface area contributed by atoms with Gasteiger partial charge in [-0.3, -0.25) is 9.59 Å². The summed E-state index contributed by atoms with van der Waals surface area (Å²) in [5.74, 6) is 0.668. The zero-order valence-electron chi connectivity index (χ0n) is 15.1. The van der Waals surface area contributed by atoms with E-state index in [9.17, 15) is 9.59 Å². The van der Waals surface area contributed by atoms with Crippen LogP contribution < -0.4 is 10.6 Å². The number of hydrogen-bond donors (Lipinski definition) is 2. The Morgan fingerprint density at radius 2 is 2.04 bits per heavy atom. The van der Waals surface area contributed by atoms with E-state index < -0.39 is 0 Å². The Morgan fingerprint density at radius 3 is 2.77 bits per heavy atom. The molecule has 1 aliphatic carbocycles. The van der Waals surface area contributed by atoms with Crippen molar-refractivity contribution in [3.63, 3.8) is 0 Å². The zero-order chi connectivity index (χ0) is 17.3. The standard InChI is InChI=1S/C20H27N3O2.ClH/c24-18-5-2-10-23(18)14-16-4-1-3-15(11-16)13-22-19(25)17-12-20(17)6-8-21-9-7-20;/h1,3-4,11,17,21H,2,5-10,12-14H2,(H,22,25);1H. The molecule has 2 saturated heterocycles. The van der Waals surface area contributed by atoms with Crippen LogP contribution in [0.3, 0.4) is 0 Å². The molecule has 2 N–H and O–H groups in total. The van der Waals surface area contributed by atoms with Crippen LogP contribution in [0.2, 0.25) is 0 Å². The number of benzene rings is 1. The van der Waals surface area contributed by atoms with Crippen LogP contribution in [-0.2, 0) is 22.7 Å². The fourth-order valence-electron chi connectivity index (χ4n) is 4.44. The lowest BCUT2D eigenvalue weighted by Gasteiger charge is -2.23. The molecule has 1 aromatic rings. The smallest absolute Gasteiger partial charge is 0.223 e. The Labute approximate surface area is 161 Å². The van der Waals surface area contributed by atoms with Crippen LogP contribution in [0.5, 0.6) is 0 Å². The third kappa shape index (κ3) is 4.04. The summed E-state index contributed by atoms with van der Waals surface area (Å²) in [5.41, 5.74) is 2.54. The molecule has 3 fully saturated rings. The molecule has 0 radical (unpaired) electrons. The first-order valence-corrected chi connectivity index (χ1v) is 9.50.